The quantitative estimate of drug-likeness (QED) is 0.792. The first-order chi connectivity index (χ1) is 13.0. The fraction of sp³-hybridized carbons (Fsp3) is 0.579. The fourth-order valence-electron chi connectivity index (χ4n) is 3.57. The summed E-state index contributed by atoms with van der Waals surface area (Å²) in [4.78, 5) is 28.8. The van der Waals surface area contributed by atoms with Gasteiger partial charge in [0.15, 0.2) is 0 Å². The number of carbonyl (C=O) groups is 2. The van der Waals surface area contributed by atoms with Gasteiger partial charge in [0.1, 0.15) is 11.9 Å². The second-order valence-corrected chi connectivity index (χ2v) is 7.10. The van der Waals surface area contributed by atoms with Gasteiger partial charge in [-0.2, -0.15) is 0 Å². The van der Waals surface area contributed by atoms with Crippen molar-refractivity contribution in [2.45, 2.75) is 38.0 Å². The van der Waals surface area contributed by atoms with Crippen LogP contribution in [0.4, 0.5) is 10.1 Å². The van der Waals surface area contributed by atoms with Crippen LogP contribution in [0.25, 0.3) is 0 Å². The van der Waals surface area contributed by atoms with Crippen LogP contribution in [0.5, 0.6) is 0 Å². The molecule has 0 spiro atoms. The number of nitrogens with two attached hydrogens (primary N) is 1. The Hall–Kier alpha value is -2.03. The molecule has 2 aliphatic heterocycles. The summed E-state index contributed by atoms with van der Waals surface area (Å²) in [6.07, 6.45) is 1.13. The minimum atomic E-state index is -0.390. The summed E-state index contributed by atoms with van der Waals surface area (Å²) in [5.74, 6) is -0.564. The Bertz CT molecular complexity index is 679. The molecule has 1 aromatic rings. The van der Waals surface area contributed by atoms with E-state index in [1.165, 1.54) is 12.1 Å². The third-order valence-electron chi connectivity index (χ3n) is 5.29. The van der Waals surface area contributed by atoms with E-state index in [4.69, 9.17) is 10.5 Å². The minimum absolute atomic E-state index is 0.0162. The van der Waals surface area contributed by atoms with Crippen molar-refractivity contribution in [3.8, 4) is 0 Å². The largest absolute Gasteiger partial charge is 0.364 e. The lowest BCUT2D eigenvalue weighted by Gasteiger charge is -2.38. The van der Waals surface area contributed by atoms with E-state index in [-0.39, 0.29) is 24.0 Å². The van der Waals surface area contributed by atoms with Gasteiger partial charge < -0.3 is 20.7 Å². The van der Waals surface area contributed by atoms with Crippen LogP contribution in [-0.4, -0.2) is 72.6 Å². The summed E-state index contributed by atoms with van der Waals surface area (Å²) in [7, 11) is 0. The molecule has 0 saturated carbocycles. The lowest BCUT2D eigenvalue weighted by Crippen LogP contribution is -2.55. The van der Waals surface area contributed by atoms with E-state index in [1.54, 1.807) is 17.0 Å². The molecule has 2 aliphatic rings. The maximum atomic E-state index is 13.3. The number of nitrogens with one attached hydrogen (secondary N) is 1. The lowest BCUT2D eigenvalue weighted by atomic mass is 10.1. The highest BCUT2D eigenvalue weighted by Crippen LogP contribution is 2.21. The van der Waals surface area contributed by atoms with Crippen molar-refractivity contribution in [3.63, 3.8) is 0 Å². The number of rotatable bonds is 5. The molecule has 0 bridgehead atoms. The van der Waals surface area contributed by atoms with Crippen LogP contribution in [0.1, 0.15) is 19.8 Å². The second kappa shape index (κ2) is 8.77. The monoisotopic (exact) mass is 378 g/mol. The molecule has 8 heteroatoms. The number of carbonyl (C=O) groups excluding carboxylic acids is 2. The number of anilines is 1. The van der Waals surface area contributed by atoms with Crippen LogP contribution in [0.2, 0.25) is 0 Å². The van der Waals surface area contributed by atoms with Crippen molar-refractivity contribution in [3.05, 3.63) is 30.1 Å². The molecule has 3 atom stereocenters. The van der Waals surface area contributed by atoms with E-state index in [9.17, 15) is 14.0 Å². The molecule has 1 aromatic carbocycles. The van der Waals surface area contributed by atoms with Gasteiger partial charge in [0.25, 0.3) is 5.91 Å². The molecular weight excluding hydrogens is 351 g/mol. The molecule has 3 rings (SSSR count). The molecule has 27 heavy (non-hydrogen) atoms. The number of benzene rings is 1. The summed E-state index contributed by atoms with van der Waals surface area (Å²) < 4.78 is 18.9. The average Bonchev–Trinajstić information content (AvgIpc) is 3.16. The van der Waals surface area contributed by atoms with E-state index in [2.05, 4.69) is 5.32 Å². The summed E-state index contributed by atoms with van der Waals surface area (Å²) in [5, 5.41) is 2.74. The Morgan fingerprint density at radius 1 is 1.30 bits per heavy atom. The van der Waals surface area contributed by atoms with Crippen LogP contribution in [0, 0.1) is 5.82 Å². The van der Waals surface area contributed by atoms with Gasteiger partial charge in [-0.25, -0.2) is 4.39 Å². The molecule has 148 valence electrons. The Balaban J connectivity index is 1.48. The Labute approximate surface area is 158 Å². The van der Waals surface area contributed by atoms with Crippen molar-refractivity contribution in [1.29, 1.82) is 0 Å². The van der Waals surface area contributed by atoms with Crippen LogP contribution in [-0.2, 0) is 14.3 Å². The van der Waals surface area contributed by atoms with Crippen LogP contribution >= 0.6 is 0 Å². The number of hydrogen-bond donors (Lipinski definition) is 2. The van der Waals surface area contributed by atoms with E-state index in [0.717, 1.165) is 6.42 Å². The van der Waals surface area contributed by atoms with Gasteiger partial charge >= 0.3 is 0 Å². The number of nitrogens with zero attached hydrogens (tertiary/aromatic N) is 2. The van der Waals surface area contributed by atoms with Gasteiger partial charge in [-0.15, -0.1) is 0 Å². The highest BCUT2D eigenvalue weighted by Gasteiger charge is 2.35. The summed E-state index contributed by atoms with van der Waals surface area (Å²) in [5.41, 5.74) is 6.04. The molecule has 2 amide bonds. The molecule has 2 heterocycles. The first-order valence-electron chi connectivity index (χ1n) is 9.42. The van der Waals surface area contributed by atoms with E-state index in [0.29, 0.717) is 44.8 Å². The zero-order valence-electron chi connectivity index (χ0n) is 15.6. The normalized spacial score (nSPS) is 24.6. The molecule has 0 aromatic heterocycles. The number of amides is 2. The molecular formula is C19H27FN4O3. The van der Waals surface area contributed by atoms with Gasteiger partial charge in [0, 0.05) is 38.4 Å². The fourth-order valence-corrected chi connectivity index (χ4v) is 3.57. The predicted octanol–water partition coefficient (Wildman–Crippen LogP) is 0.803. The van der Waals surface area contributed by atoms with Gasteiger partial charge in [-0.3, -0.25) is 14.5 Å². The summed E-state index contributed by atoms with van der Waals surface area (Å²) in [6, 6.07) is 5.46. The summed E-state index contributed by atoms with van der Waals surface area (Å²) in [6.45, 7) is 4.59. The van der Waals surface area contributed by atoms with Crippen molar-refractivity contribution < 1.29 is 18.7 Å². The highest BCUT2D eigenvalue weighted by atomic mass is 19.1. The average molecular weight is 378 g/mol. The van der Waals surface area contributed by atoms with E-state index < -0.39 is 11.9 Å². The highest BCUT2D eigenvalue weighted by molar-refractivity contribution is 5.94. The standard InChI is InChI=1S/C19H27FN4O3/c1-13(18(25)22-15-4-2-3-14(20)11-15)23-7-9-24(10-8-23)19(26)17-6-5-16(12-21)27-17/h2-4,11,13,16-17H,5-10,12,21H2,1H3,(H,22,25)/t13?,16-,17+/m1/s1. The van der Waals surface area contributed by atoms with Gasteiger partial charge in [0.2, 0.25) is 5.91 Å². The van der Waals surface area contributed by atoms with Gasteiger partial charge in [-0.05, 0) is 38.0 Å². The van der Waals surface area contributed by atoms with Gasteiger partial charge in [-0.1, -0.05) is 6.07 Å². The topological polar surface area (TPSA) is 87.9 Å². The smallest absolute Gasteiger partial charge is 0.251 e. The minimum Gasteiger partial charge on any atom is -0.364 e. The van der Waals surface area contributed by atoms with Crippen LogP contribution in [0.15, 0.2) is 24.3 Å². The lowest BCUT2D eigenvalue weighted by molar-refractivity contribution is -0.145. The first-order valence-corrected chi connectivity index (χ1v) is 9.42. The SMILES string of the molecule is CC(C(=O)Nc1cccc(F)c1)N1CCN(C(=O)[C@@H]2CC[C@H](CN)O2)CC1. The number of piperazine rings is 1. The van der Waals surface area contributed by atoms with Crippen LogP contribution < -0.4 is 11.1 Å². The number of halogens is 1. The Kier molecular flexibility index (Phi) is 6.41. The molecule has 2 fully saturated rings. The summed E-state index contributed by atoms with van der Waals surface area (Å²) >= 11 is 0. The maximum absolute atomic E-state index is 13.3. The third-order valence-corrected chi connectivity index (χ3v) is 5.29. The maximum Gasteiger partial charge on any atom is 0.251 e. The van der Waals surface area contributed by atoms with E-state index >= 15 is 0 Å². The molecule has 7 nitrogen and oxygen atoms in total. The predicted molar refractivity (Wildman–Crippen MR) is 99.6 cm³/mol. The molecule has 1 unspecified atom stereocenters. The Morgan fingerprint density at radius 2 is 2.04 bits per heavy atom. The third kappa shape index (κ3) is 4.82. The van der Waals surface area contributed by atoms with E-state index in [1.807, 2.05) is 11.8 Å². The van der Waals surface area contributed by atoms with Crippen molar-refractivity contribution in [2.24, 2.45) is 5.73 Å². The Morgan fingerprint density at radius 3 is 2.67 bits per heavy atom. The second-order valence-electron chi connectivity index (χ2n) is 7.10. The zero-order valence-corrected chi connectivity index (χ0v) is 15.6. The van der Waals surface area contributed by atoms with Crippen molar-refractivity contribution in [1.82, 2.24) is 9.80 Å². The molecule has 0 aliphatic carbocycles. The van der Waals surface area contributed by atoms with Crippen molar-refractivity contribution in [2.75, 3.05) is 38.0 Å². The van der Waals surface area contributed by atoms with Crippen LogP contribution in [0.3, 0.4) is 0 Å². The number of hydrogen-bond acceptors (Lipinski definition) is 5. The molecule has 3 N–H and O–H groups in total. The van der Waals surface area contributed by atoms with Crippen molar-refractivity contribution >= 4 is 17.5 Å². The number of ether oxygens (including phenoxy) is 1. The first kappa shape index (κ1) is 19.7. The molecule has 2 saturated heterocycles. The molecule has 0 radical (unpaired) electrons. The van der Waals surface area contributed by atoms with Gasteiger partial charge in [0.05, 0.1) is 12.1 Å². The zero-order chi connectivity index (χ0) is 19.4.